The Morgan fingerprint density at radius 3 is 2.29 bits per heavy atom. The Bertz CT molecular complexity index is 1210. The smallest absolute Gasteiger partial charge is 0.251 e. The number of hydrogen-bond acceptors (Lipinski definition) is 5. The van der Waals surface area contributed by atoms with Crippen LogP contribution in [0.4, 0.5) is 5.69 Å². The van der Waals surface area contributed by atoms with Crippen molar-refractivity contribution < 1.29 is 9.59 Å². The summed E-state index contributed by atoms with van der Waals surface area (Å²) in [5.74, 6) is 0.172. The molecule has 0 fully saturated rings. The highest BCUT2D eigenvalue weighted by molar-refractivity contribution is 7.99. The zero-order valence-electron chi connectivity index (χ0n) is 19.1. The van der Waals surface area contributed by atoms with Crippen molar-refractivity contribution in [2.24, 2.45) is 5.92 Å². The number of nitrogens with one attached hydrogen (secondary N) is 2. The van der Waals surface area contributed by atoms with E-state index in [9.17, 15) is 9.59 Å². The second kappa shape index (κ2) is 12.3. The molecule has 0 bridgehead atoms. The van der Waals surface area contributed by atoms with Crippen LogP contribution in [0, 0.1) is 5.92 Å². The molecule has 2 N–H and O–H groups in total. The molecule has 0 saturated carbocycles. The van der Waals surface area contributed by atoms with E-state index in [1.165, 1.54) is 17.8 Å². The monoisotopic (exact) mass is 573 g/mol. The summed E-state index contributed by atoms with van der Waals surface area (Å²) in [7, 11) is 0. The van der Waals surface area contributed by atoms with E-state index in [2.05, 4.69) is 20.8 Å². The Kier molecular flexibility index (Phi) is 9.72. The number of benzene rings is 2. The molecule has 0 aliphatic rings. The first-order chi connectivity index (χ1) is 16.6. The van der Waals surface area contributed by atoms with Gasteiger partial charge in [0.15, 0.2) is 11.0 Å². The minimum atomic E-state index is -0.416. The molecule has 1 atom stereocenters. The lowest BCUT2D eigenvalue weighted by Gasteiger charge is -2.22. The topological polar surface area (TPSA) is 88.9 Å². The minimum Gasteiger partial charge on any atom is -0.342 e. The van der Waals surface area contributed by atoms with Crippen molar-refractivity contribution >= 4 is 75.7 Å². The average molecular weight is 575 g/mol. The molecule has 7 nitrogen and oxygen atoms in total. The maximum absolute atomic E-state index is 12.9. The largest absolute Gasteiger partial charge is 0.342 e. The number of aromatic nitrogens is 3. The van der Waals surface area contributed by atoms with E-state index in [0.29, 0.717) is 48.9 Å². The van der Waals surface area contributed by atoms with Crippen LogP contribution in [-0.2, 0) is 11.3 Å². The number of anilines is 1. The van der Waals surface area contributed by atoms with E-state index in [-0.39, 0.29) is 23.5 Å². The van der Waals surface area contributed by atoms with Crippen LogP contribution < -0.4 is 10.6 Å². The summed E-state index contributed by atoms with van der Waals surface area (Å²) < 4.78 is 1.88. The van der Waals surface area contributed by atoms with Gasteiger partial charge >= 0.3 is 0 Å². The number of nitrogens with zero attached hydrogens (tertiary/aromatic N) is 3. The summed E-state index contributed by atoms with van der Waals surface area (Å²) in [6, 6.07) is 9.12. The fourth-order valence-corrected chi connectivity index (χ4v) is 4.91. The molecule has 0 unspecified atom stereocenters. The first kappa shape index (κ1) is 27.6. The van der Waals surface area contributed by atoms with E-state index < -0.39 is 6.04 Å². The molecule has 0 aliphatic heterocycles. The SMILES string of the molecule is CCn1c(SCC(=O)Nc2cc(Cl)cc(Cl)c2)nnc1[C@H](NC(=O)c1ccc(Cl)c(Cl)c1)C(C)C. The number of carbonyl (C=O) groups excluding carboxylic acids is 2. The second-order valence-electron chi connectivity index (χ2n) is 7.90. The van der Waals surface area contributed by atoms with Crippen LogP contribution in [0.5, 0.6) is 0 Å². The average Bonchev–Trinajstić information content (AvgIpc) is 3.19. The summed E-state index contributed by atoms with van der Waals surface area (Å²) >= 11 is 25.2. The molecule has 3 aromatic rings. The number of rotatable bonds is 9. The van der Waals surface area contributed by atoms with Gasteiger partial charge in [-0.05, 0) is 49.2 Å². The Labute approximate surface area is 227 Å². The normalized spacial score (nSPS) is 12.0. The summed E-state index contributed by atoms with van der Waals surface area (Å²) in [6.07, 6.45) is 0. The van der Waals surface area contributed by atoms with Crippen molar-refractivity contribution in [3.8, 4) is 0 Å². The molecule has 0 spiro atoms. The molecule has 1 aromatic heterocycles. The molecule has 186 valence electrons. The fraction of sp³-hybridized carbons (Fsp3) is 0.304. The second-order valence-corrected chi connectivity index (χ2v) is 10.5. The van der Waals surface area contributed by atoms with Crippen LogP contribution in [0.3, 0.4) is 0 Å². The van der Waals surface area contributed by atoms with Crippen LogP contribution in [0.1, 0.15) is 43.0 Å². The van der Waals surface area contributed by atoms with Crippen LogP contribution in [0.15, 0.2) is 41.6 Å². The lowest BCUT2D eigenvalue weighted by atomic mass is 10.0. The zero-order valence-corrected chi connectivity index (χ0v) is 23.0. The van der Waals surface area contributed by atoms with Gasteiger partial charge in [0.05, 0.1) is 21.8 Å². The van der Waals surface area contributed by atoms with Gasteiger partial charge in [-0.15, -0.1) is 10.2 Å². The van der Waals surface area contributed by atoms with Crippen LogP contribution in [0.25, 0.3) is 0 Å². The van der Waals surface area contributed by atoms with Gasteiger partial charge in [-0.3, -0.25) is 9.59 Å². The number of halogens is 4. The van der Waals surface area contributed by atoms with Gasteiger partial charge in [-0.1, -0.05) is 72.0 Å². The zero-order chi connectivity index (χ0) is 25.7. The Morgan fingerprint density at radius 1 is 1.00 bits per heavy atom. The quantitative estimate of drug-likeness (QED) is 0.275. The molecule has 12 heteroatoms. The molecule has 3 rings (SSSR count). The van der Waals surface area contributed by atoms with Gasteiger partial charge in [-0.2, -0.15) is 0 Å². The maximum atomic E-state index is 12.9. The third-order valence-electron chi connectivity index (χ3n) is 4.95. The van der Waals surface area contributed by atoms with Crippen LogP contribution in [-0.4, -0.2) is 32.3 Å². The highest BCUT2D eigenvalue weighted by Crippen LogP contribution is 2.28. The van der Waals surface area contributed by atoms with Crippen molar-refractivity contribution in [1.82, 2.24) is 20.1 Å². The molecule has 2 aromatic carbocycles. The van der Waals surface area contributed by atoms with Crippen molar-refractivity contribution in [3.05, 3.63) is 67.9 Å². The lowest BCUT2D eigenvalue weighted by molar-refractivity contribution is -0.113. The molecular weight excluding hydrogens is 552 g/mol. The van der Waals surface area contributed by atoms with Gasteiger partial charge in [0, 0.05) is 27.8 Å². The van der Waals surface area contributed by atoms with Gasteiger partial charge in [-0.25, -0.2) is 0 Å². The molecule has 0 saturated heterocycles. The Balaban J connectivity index is 1.72. The van der Waals surface area contributed by atoms with Crippen molar-refractivity contribution in [3.63, 3.8) is 0 Å². The van der Waals surface area contributed by atoms with Crippen LogP contribution in [0.2, 0.25) is 20.1 Å². The first-order valence-electron chi connectivity index (χ1n) is 10.7. The minimum absolute atomic E-state index is 0.0185. The summed E-state index contributed by atoms with van der Waals surface area (Å²) in [4.78, 5) is 25.4. The summed E-state index contributed by atoms with van der Waals surface area (Å²) in [5.41, 5.74) is 0.899. The first-order valence-corrected chi connectivity index (χ1v) is 13.2. The maximum Gasteiger partial charge on any atom is 0.251 e. The van der Waals surface area contributed by atoms with Gasteiger partial charge < -0.3 is 15.2 Å². The molecule has 1 heterocycles. The van der Waals surface area contributed by atoms with E-state index in [1.54, 1.807) is 30.3 Å². The van der Waals surface area contributed by atoms with Crippen LogP contribution >= 0.6 is 58.2 Å². The standard InChI is InChI=1S/C23H23Cl4N5O2S/c1-4-32-21(20(12(2)3)29-22(34)13-5-6-17(26)18(27)7-13)30-31-23(32)35-11-19(33)28-16-9-14(24)8-15(25)10-16/h5-10,12,20H,4,11H2,1-3H3,(H,28,33)(H,29,34)/t20-/m1/s1. The summed E-state index contributed by atoms with van der Waals surface area (Å²) in [6.45, 7) is 6.46. The predicted molar refractivity (Wildman–Crippen MR) is 143 cm³/mol. The number of thioether (sulfide) groups is 1. The Morgan fingerprint density at radius 2 is 1.69 bits per heavy atom. The number of hydrogen-bond donors (Lipinski definition) is 2. The van der Waals surface area contributed by atoms with E-state index in [1.807, 2.05) is 25.3 Å². The molecule has 0 aliphatic carbocycles. The highest BCUT2D eigenvalue weighted by atomic mass is 35.5. The molecule has 0 radical (unpaired) electrons. The van der Waals surface area contributed by atoms with E-state index in [4.69, 9.17) is 46.4 Å². The summed E-state index contributed by atoms with van der Waals surface area (Å²) in [5, 5.41) is 16.5. The molecule has 35 heavy (non-hydrogen) atoms. The van der Waals surface area contributed by atoms with E-state index >= 15 is 0 Å². The predicted octanol–water partition coefficient (Wildman–Crippen LogP) is 6.77. The third-order valence-corrected chi connectivity index (χ3v) is 7.10. The van der Waals surface area contributed by atoms with Crippen molar-refractivity contribution in [2.75, 3.05) is 11.1 Å². The van der Waals surface area contributed by atoms with Gasteiger partial charge in [0.2, 0.25) is 5.91 Å². The third kappa shape index (κ3) is 7.27. The number of amides is 2. The molecule has 2 amide bonds. The van der Waals surface area contributed by atoms with E-state index in [0.717, 1.165) is 0 Å². The highest BCUT2D eigenvalue weighted by Gasteiger charge is 2.26. The van der Waals surface area contributed by atoms with Gasteiger partial charge in [0.25, 0.3) is 5.91 Å². The van der Waals surface area contributed by atoms with Crippen molar-refractivity contribution in [2.45, 2.75) is 38.5 Å². The van der Waals surface area contributed by atoms with Crippen molar-refractivity contribution in [1.29, 1.82) is 0 Å². The fourth-order valence-electron chi connectivity index (χ4n) is 3.28. The Hall–Kier alpha value is -1.97. The molecular formula is C23H23Cl4N5O2S. The van der Waals surface area contributed by atoms with Gasteiger partial charge in [0.1, 0.15) is 0 Å². The number of carbonyl (C=O) groups is 2. The lowest BCUT2D eigenvalue weighted by Crippen LogP contribution is -2.33.